The number of hydrogen-bond donors (Lipinski definition) is 2. The molecule has 6 nitrogen and oxygen atoms in total. The Morgan fingerprint density at radius 1 is 1.50 bits per heavy atom. The number of nitrogens with zero attached hydrogens (tertiary/aromatic N) is 3. The van der Waals surface area contributed by atoms with E-state index in [1.807, 2.05) is 0 Å². The molecule has 0 bridgehead atoms. The van der Waals surface area contributed by atoms with Gasteiger partial charge < -0.3 is 5.73 Å². The number of aromatic nitrogens is 2. The number of amides is 1. The van der Waals surface area contributed by atoms with Gasteiger partial charge in [0, 0.05) is 17.3 Å². The SMILES string of the molecule is Cc1c(F)cncc1C1=Cc2c(c[c]nc2C(N)=O)CN1O. The summed E-state index contributed by atoms with van der Waals surface area (Å²) in [6, 6.07) is 1.56. The Labute approximate surface area is 125 Å². The first-order valence-electron chi connectivity index (χ1n) is 6.47. The molecular weight excluding hydrogens is 287 g/mol. The van der Waals surface area contributed by atoms with Crippen molar-refractivity contribution in [2.75, 3.05) is 0 Å². The predicted molar refractivity (Wildman–Crippen MR) is 75.7 cm³/mol. The van der Waals surface area contributed by atoms with Gasteiger partial charge in [-0.2, -0.15) is 0 Å². The fraction of sp³-hybridized carbons (Fsp3) is 0.133. The lowest BCUT2D eigenvalue weighted by Crippen LogP contribution is -2.25. The van der Waals surface area contributed by atoms with Crippen LogP contribution in [0.5, 0.6) is 0 Å². The number of carbonyl (C=O) groups is 1. The van der Waals surface area contributed by atoms with Crippen molar-refractivity contribution in [2.45, 2.75) is 13.5 Å². The van der Waals surface area contributed by atoms with Crippen LogP contribution < -0.4 is 5.73 Å². The minimum atomic E-state index is -0.691. The average molecular weight is 299 g/mol. The second-order valence-corrected chi connectivity index (χ2v) is 4.92. The molecule has 3 N–H and O–H groups in total. The van der Waals surface area contributed by atoms with E-state index in [4.69, 9.17) is 5.73 Å². The lowest BCUT2D eigenvalue weighted by molar-refractivity contribution is -0.0361. The van der Waals surface area contributed by atoms with Crippen LogP contribution in [0.4, 0.5) is 4.39 Å². The molecule has 0 atom stereocenters. The third-order valence-electron chi connectivity index (χ3n) is 3.56. The van der Waals surface area contributed by atoms with Crippen LogP contribution in [0, 0.1) is 18.9 Å². The Morgan fingerprint density at radius 3 is 3.00 bits per heavy atom. The Kier molecular flexibility index (Phi) is 3.34. The molecule has 1 radical (unpaired) electrons. The van der Waals surface area contributed by atoms with Gasteiger partial charge in [-0.3, -0.25) is 20.0 Å². The second kappa shape index (κ2) is 5.19. The van der Waals surface area contributed by atoms with Crippen LogP contribution in [0.25, 0.3) is 11.8 Å². The van der Waals surface area contributed by atoms with Crippen LogP contribution in [-0.2, 0) is 6.54 Å². The number of fused-ring (bicyclic) bond motifs is 1. The molecule has 3 rings (SSSR count). The van der Waals surface area contributed by atoms with Crippen molar-refractivity contribution in [1.82, 2.24) is 15.0 Å². The Bertz CT molecular complexity index is 804. The highest BCUT2D eigenvalue weighted by atomic mass is 19.1. The molecule has 3 heterocycles. The molecule has 0 unspecified atom stereocenters. The molecule has 2 aromatic heterocycles. The van der Waals surface area contributed by atoms with Crippen LogP contribution >= 0.6 is 0 Å². The van der Waals surface area contributed by atoms with Crippen LogP contribution in [0.1, 0.15) is 32.7 Å². The van der Waals surface area contributed by atoms with E-state index in [9.17, 15) is 14.4 Å². The molecule has 1 aliphatic heterocycles. The maximum Gasteiger partial charge on any atom is 0.267 e. The van der Waals surface area contributed by atoms with E-state index in [1.54, 1.807) is 19.1 Å². The summed E-state index contributed by atoms with van der Waals surface area (Å²) in [5.74, 6) is -1.17. The minimum absolute atomic E-state index is 0.0603. The molecule has 1 amide bonds. The lowest BCUT2D eigenvalue weighted by Gasteiger charge is -2.27. The summed E-state index contributed by atoms with van der Waals surface area (Å²) >= 11 is 0. The topological polar surface area (TPSA) is 92.3 Å². The summed E-state index contributed by atoms with van der Waals surface area (Å²) < 4.78 is 13.7. The molecule has 0 saturated heterocycles. The first-order chi connectivity index (χ1) is 10.5. The molecule has 7 heteroatoms. The lowest BCUT2D eigenvalue weighted by atomic mass is 9.97. The van der Waals surface area contributed by atoms with Crippen molar-refractivity contribution in [2.24, 2.45) is 5.73 Å². The van der Waals surface area contributed by atoms with Gasteiger partial charge in [-0.15, -0.1) is 0 Å². The molecular formula is C15H12FN4O2. The van der Waals surface area contributed by atoms with E-state index in [1.165, 1.54) is 6.20 Å². The van der Waals surface area contributed by atoms with Crippen LogP contribution in [0.3, 0.4) is 0 Å². The third-order valence-corrected chi connectivity index (χ3v) is 3.56. The molecule has 2 aromatic rings. The summed E-state index contributed by atoms with van der Waals surface area (Å²) in [7, 11) is 0. The molecule has 0 aliphatic carbocycles. The number of nitrogens with two attached hydrogens (primary N) is 1. The van der Waals surface area contributed by atoms with Crippen LogP contribution in [0.2, 0.25) is 0 Å². The number of carbonyl (C=O) groups excluding carboxylic acids is 1. The number of hydroxylamine groups is 2. The van der Waals surface area contributed by atoms with Crippen molar-refractivity contribution in [1.29, 1.82) is 0 Å². The van der Waals surface area contributed by atoms with E-state index >= 15 is 0 Å². The van der Waals surface area contributed by atoms with Crippen LogP contribution in [0.15, 0.2) is 18.5 Å². The van der Waals surface area contributed by atoms with Gasteiger partial charge in [0.1, 0.15) is 11.5 Å². The van der Waals surface area contributed by atoms with Crippen molar-refractivity contribution in [3.05, 3.63) is 58.4 Å². The van der Waals surface area contributed by atoms with Crippen molar-refractivity contribution < 1.29 is 14.4 Å². The van der Waals surface area contributed by atoms with E-state index < -0.39 is 11.7 Å². The van der Waals surface area contributed by atoms with Gasteiger partial charge in [0.05, 0.1) is 24.6 Å². The third kappa shape index (κ3) is 2.21. The van der Waals surface area contributed by atoms with Gasteiger partial charge >= 0.3 is 0 Å². The Hall–Kier alpha value is -2.80. The fourth-order valence-corrected chi connectivity index (χ4v) is 2.38. The van der Waals surface area contributed by atoms with Crippen molar-refractivity contribution in [3.8, 4) is 0 Å². The van der Waals surface area contributed by atoms with E-state index in [0.717, 1.165) is 11.3 Å². The van der Waals surface area contributed by atoms with Crippen LogP contribution in [-0.4, -0.2) is 26.1 Å². The first-order valence-corrected chi connectivity index (χ1v) is 6.47. The number of halogens is 1. The molecule has 0 saturated carbocycles. The predicted octanol–water partition coefficient (Wildman–Crippen LogP) is 1.53. The van der Waals surface area contributed by atoms with Gasteiger partial charge in [0.2, 0.25) is 0 Å². The minimum Gasteiger partial charge on any atom is -0.364 e. The summed E-state index contributed by atoms with van der Waals surface area (Å²) in [6.07, 6.45) is 6.67. The van der Waals surface area contributed by atoms with Crippen molar-refractivity contribution >= 4 is 17.7 Å². The quantitative estimate of drug-likeness (QED) is 0.877. The molecule has 0 spiro atoms. The Balaban J connectivity index is 2.21. The van der Waals surface area contributed by atoms with Gasteiger partial charge in [0.25, 0.3) is 5.91 Å². The van der Waals surface area contributed by atoms with E-state index in [0.29, 0.717) is 28.0 Å². The monoisotopic (exact) mass is 299 g/mol. The van der Waals surface area contributed by atoms with E-state index in [2.05, 4.69) is 16.2 Å². The summed E-state index contributed by atoms with van der Waals surface area (Å²) in [6.45, 7) is 1.69. The maximum absolute atomic E-state index is 13.7. The zero-order valence-corrected chi connectivity index (χ0v) is 11.7. The summed E-state index contributed by atoms with van der Waals surface area (Å²) in [5.41, 5.74) is 7.62. The Morgan fingerprint density at radius 2 is 2.27 bits per heavy atom. The largest absolute Gasteiger partial charge is 0.364 e. The second-order valence-electron chi connectivity index (χ2n) is 4.92. The molecule has 0 fully saturated rings. The summed E-state index contributed by atoms with van der Waals surface area (Å²) in [5, 5.41) is 11.1. The number of primary amides is 1. The highest BCUT2D eigenvalue weighted by Gasteiger charge is 2.24. The number of hydrogen-bond acceptors (Lipinski definition) is 5. The van der Waals surface area contributed by atoms with E-state index in [-0.39, 0.29) is 12.2 Å². The first kappa shape index (κ1) is 14.2. The summed E-state index contributed by atoms with van der Waals surface area (Å²) in [4.78, 5) is 19.1. The van der Waals surface area contributed by atoms with Crippen molar-refractivity contribution in [3.63, 3.8) is 0 Å². The fourth-order valence-electron chi connectivity index (χ4n) is 2.38. The maximum atomic E-state index is 13.7. The standard InChI is InChI=1S/C15H12FN4O2/c1-8-11(5-18-6-12(8)16)13-4-10-9(7-20(13)22)2-3-19-14(10)15(17)21/h2,4-6,22H,7H2,1H3,(H2,17,21). The smallest absolute Gasteiger partial charge is 0.267 e. The highest BCUT2D eigenvalue weighted by molar-refractivity contribution is 5.98. The molecule has 1 aliphatic rings. The zero-order valence-electron chi connectivity index (χ0n) is 11.7. The molecule has 0 aromatic carbocycles. The number of rotatable bonds is 2. The number of pyridine rings is 2. The average Bonchev–Trinajstić information content (AvgIpc) is 2.49. The molecule has 22 heavy (non-hydrogen) atoms. The van der Waals surface area contributed by atoms with Gasteiger partial charge in [-0.1, -0.05) is 0 Å². The van der Waals surface area contributed by atoms with Gasteiger partial charge in [-0.05, 0) is 30.2 Å². The normalized spacial score (nSPS) is 13.6. The van der Waals surface area contributed by atoms with Gasteiger partial charge in [-0.25, -0.2) is 9.37 Å². The van der Waals surface area contributed by atoms with Gasteiger partial charge in [0.15, 0.2) is 0 Å². The molecule has 111 valence electrons. The zero-order chi connectivity index (χ0) is 15.9. The highest BCUT2D eigenvalue weighted by Crippen LogP contribution is 2.32.